The Balaban J connectivity index is 2.30. The normalized spacial score (nSPS) is 12.2. The maximum atomic E-state index is 6.00. The molecule has 0 bridgehead atoms. The number of benzene rings is 2. The Bertz CT molecular complexity index is 611. The first-order valence-corrected chi connectivity index (χ1v) is 7.19. The fourth-order valence-corrected chi connectivity index (χ4v) is 2.27. The van der Waals surface area contributed by atoms with Crippen LogP contribution in [0, 0.1) is 6.92 Å². The van der Waals surface area contributed by atoms with Gasteiger partial charge in [0.1, 0.15) is 11.5 Å². The van der Waals surface area contributed by atoms with Crippen molar-refractivity contribution in [3.8, 4) is 11.5 Å². The van der Waals surface area contributed by atoms with Gasteiger partial charge in [-0.25, -0.2) is 0 Å². The van der Waals surface area contributed by atoms with Crippen molar-refractivity contribution in [1.82, 2.24) is 0 Å². The van der Waals surface area contributed by atoms with Crippen LogP contribution in [0.25, 0.3) is 0 Å². The van der Waals surface area contributed by atoms with Crippen LogP contribution >= 0.6 is 23.2 Å². The molecule has 0 fully saturated rings. The molecule has 0 amide bonds. The van der Waals surface area contributed by atoms with Gasteiger partial charge in [-0.15, -0.1) is 0 Å². The molecule has 0 aliphatic heterocycles. The molecular formula is C16H17Cl2NO. The Morgan fingerprint density at radius 3 is 2.50 bits per heavy atom. The molecule has 106 valence electrons. The van der Waals surface area contributed by atoms with Crippen molar-refractivity contribution in [3.63, 3.8) is 0 Å². The van der Waals surface area contributed by atoms with Crippen molar-refractivity contribution >= 4 is 23.2 Å². The van der Waals surface area contributed by atoms with Crippen molar-refractivity contribution in [2.45, 2.75) is 26.3 Å². The molecule has 2 aromatic rings. The second-order valence-electron chi connectivity index (χ2n) is 4.97. The van der Waals surface area contributed by atoms with Crippen LogP contribution in [-0.2, 0) is 6.42 Å². The summed E-state index contributed by atoms with van der Waals surface area (Å²) in [6, 6.07) is 11.4. The Kier molecular flexibility index (Phi) is 4.92. The van der Waals surface area contributed by atoms with Crippen LogP contribution in [0.2, 0.25) is 10.0 Å². The van der Waals surface area contributed by atoms with Crippen molar-refractivity contribution in [1.29, 1.82) is 0 Å². The zero-order valence-electron chi connectivity index (χ0n) is 11.5. The van der Waals surface area contributed by atoms with Crippen LogP contribution in [0.4, 0.5) is 0 Å². The smallest absolute Gasteiger partial charge is 0.130 e. The lowest BCUT2D eigenvalue weighted by Crippen LogP contribution is -2.18. The van der Waals surface area contributed by atoms with Gasteiger partial charge in [0, 0.05) is 12.1 Å². The van der Waals surface area contributed by atoms with E-state index in [1.165, 1.54) is 5.56 Å². The number of rotatable bonds is 4. The third-order valence-corrected chi connectivity index (χ3v) is 3.62. The predicted octanol–water partition coefficient (Wildman–Crippen LogP) is 4.98. The molecule has 0 heterocycles. The van der Waals surface area contributed by atoms with Crippen LogP contribution < -0.4 is 10.5 Å². The van der Waals surface area contributed by atoms with Crippen LogP contribution in [0.15, 0.2) is 36.4 Å². The second-order valence-corrected chi connectivity index (χ2v) is 5.78. The third kappa shape index (κ3) is 3.89. The summed E-state index contributed by atoms with van der Waals surface area (Å²) in [5.41, 5.74) is 8.16. The Labute approximate surface area is 129 Å². The Morgan fingerprint density at radius 2 is 1.85 bits per heavy atom. The summed E-state index contributed by atoms with van der Waals surface area (Å²) in [5.74, 6) is 1.46. The van der Waals surface area contributed by atoms with E-state index in [-0.39, 0.29) is 6.04 Å². The molecule has 0 radical (unpaired) electrons. The van der Waals surface area contributed by atoms with Gasteiger partial charge in [0.05, 0.1) is 10.0 Å². The van der Waals surface area contributed by atoms with Crippen molar-refractivity contribution in [3.05, 3.63) is 57.6 Å². The van der Waals surface area contributed by atoms with E-state index in [0.717, 1.165) is 17.7 Å². The lowest BCUT2D eigenvalue weighted by Gasteiger charge is -2.14. The van der Waals surface area contributed by atoms with Gasteiger partial charge in [0.2, 0.25) is 0 Å². The largest absolute Gasteiger partial charge is 0.457 e. The SMILES string of the molecule is Cc1ccc(Oc2ccc(Cl)c(Cl)c2)c(CC(C)N)c1. The Morgan fingerprint density at radius 1 is 1.10 bits per heavy atom. The molecule has 0 spiro atoms. The first-order chi connectivity index (χ1) is 9.45. The van der Waals surface area contributed by atoms with Crippen LogP contribution in [0.3, 0.4) is 0 Å². The number of halogens is 2. The molecule has 2 nitrogen and oxygen atoms in total. The van der Waals surface area contributed by atoms with Gasteiger partial charge >= 0.3 is 0 Å². The van der Waals surface area contributed by atoms with Crippen molar-refractivity contribution < 1.29 is 4.74 Å². The van der Waals surface area contributed by atoms with Crippen LogP contribution in [0.1, 0.15) is 18.1 Å². The molecule has 2 N–H and O–H groups in total. The fourth-order valence-electron chi connectivity index (χ4n) is 1.98. The van der Waals surface area contributed by atoms with Gasteiger partial charge in [-0.2, -0.15) is 0 Å². The van der Waals surface area contributed by atoms with E-state index in [4.69, 9.17) is 33.7 Å². The monoisotopic (exact) mass is 309 g/mol. The van der Waals surface area contributed by atoms with Gasteiger partial charge in [0.25, 0.3) is 0 Å². The minimum Gasteiger partial charge on any atom is -0.457 e. The Hall–Kier alpha value is -1.22. The number of aryl methyl sites for hydroxylation is 1. The first kappa shape index (κ1) is 15.2. The average Bonchev–Trinajstić information content (AvgIpc) is 2.36. The zero-order valence-corrected chi connectivity index (χ0v) is 13.0. The van der Waals surface area contributed by atoms with Gasteiger partial charge in [-0.1, -0.05) is 40.9 Å². The molecule has 4 heteroatoms. The van der Waals surface area contributed by atoms with E-state index in [0.29, 0.717) is 15.8 Å². The standard InChI is InChI=1S/C16H17Cl2NO/c1-10-3-6-16(12(7-10)8-11(2)19)20-13-4-5-14(17)15(18)9-13/h3-7,9,11H,8,19H2,1-2H3. The molecule has 0 aliphatic rings. The van der Waals surface area contributed by atoms with Crippen molar-refractivity contribution in [2.75, 3.05) is 0 Å². The highest BCUT2D eigenvalue weighted by molar-refractivity contribution is 6.42. The zero-order chi connectivity index (χ0) is 14.7. The highest BCUT2D eigenvalue weighted by atomic mass is 35.5. The molecular weight excluding hydrogens is 293 g/mol. The van der Waals surface area contributed by atoms with E-state index < -0.39 is 0 Å². The second kappa shape index (κ2) is 6.49. The van der Waals surface area contributed by atoms with E-state index in [9.17, 15) is 0 Å². The average molecular weight is 310 g/mol. The van der Waals surface area contributed by atoms with E-state index >= 15 is 0 Å². The summed E-state index contributed by atoms with van der Waals surface area (Å²) >= 11 is 11.9. The van der Waals surface area contributed by atoms with E-state index in [2.05, 4.69) is 6.07 Å². The number of ether oxygens (including phenoxy) is 1. The summed E-state index contributed by atoms with van der Waals surface area (Å²) in [7, 11) is 0. The minimum atomic E-state index is 0.0768. The predicted molar refractivity (Wildman–Crippen MR) is 85.1 cm³/mol. The number of hydrogen-bond donors (Lipinski definition) is 1. The van der Waals surface area contributed by atoms with Crippen LogP contribution in [-0.4, -0.2) is 6.04 Å². The molecule has 0 saturated carbocycles. The van der Waals surface area contributed by atoms with Crippen LogP contribution in [0.5, 0.6) is 11.5 Å². The van der Waals surface area contributed by atoms with E-state index in [1.54, 1.807) is 18.2 Å². The summed E-state index contributed by atoms with van der Waals surface area (Å²) in [5, 5.41) is 0.990. The molecule has 2 rings (SSSR count). The molecule has 0 saturated heterocycles. The maximum absolute atomic E-state index is 6.00. The lowest BCUT2D eigenvalue weighted by atomic mass is 10.0. The number of nitrogens with two attached hydrogens (primary N) is 1. The first-order valence-electron chi connectivity index (χ1n) is 6.43. The summed E-state index contributed by atoms with van der Waals surface area (Å²) in [6.45, 7) is 4.03. The molecule has 0 aliphatic carbocycles. The van der Waals surface area contributed by atoms with Gasteiger partial charge in [0.15, 0.2) is 0 Å². The highest BCUT2D eigenvalue weighted by Gasteiger charge is 2.09. The minimum absolute atomic E-state index is 0.0768. The molecule has 20 heavy (non-hydrogen) atoms. The molecule has 2 aromatic carbocycles. The van der Waals surface area contributed by atoms with Gasteiger partial charge in [-0.05, 0) is 44.0 Å². The van der Waals surface area contributed by atoms with Crippen molar-refractivity contribution in [2.24, 2.45) is 5.73 Å². The summed E-state index contributed by atoms with van der Waals surface area (Å²) < 4.78 is 5.90. The molecule has 0 aromatic heterocycles. The lowest BCUT2D eigenvalue weighted by molar-refractivity contribution is 0.473. The highest BCUT2D eigenvalue weighted by Crippen LogP contribution is 2.31. The third-order valence-electron chi connectivity index (χ3n) is 2.88. The topological polar surface area (TPSA) is 35.2 Å². The van der Waals surface area contributed by atoms with Gasteiger partial charge < -0.3 is 10.5 Å². The summed E-state index contributed by atoms with van der Waals surface area (Å²) in [6.07, 6.45) is 0.762. The summed E-state index contributed by atoms with van der Waals surface area (Å²) in [4.78, 5) is 0. The molecule has 1 unspecified atom stereocenters. The quantitative estimate of drug-likeness (QED) is 0.864. The fraction of sp³-hybridized carbons (Fsp3) is 0.250. The van der Waals surface area contributed by atoms with Gasteiger partial charge in [-0.3, -0.25) is 0 Å². The maximum Gasteiger partial charge on any atom is 0.130 e. The van der Waals surface area contributed by atoms with E-state index in [1.807, 2.05) is 26.0 Å². The number of hydrogen-bond acceptors (Lipinski definition) is 2. The molecule has 1 atom stereocenters.